The number of ether oxygens (including phenoxy) is 1. The van der Waals surface area contributed by atoms with Gasteiger partial charge in [0.05, 0.1) is 24.5 Å². The minimum atomic E-state index is -4.72. The highest BCUT2D eigenvalue weighted by Crippen LogP contribution is 2.33. The maximum Gasteiger partial charge on any atom is 0.470 e. The van der Waals surface area contributed by atoms with Crippen LogP contribution in [0, 0.1) is 0 Å². The third-order valence-electron chi connectivity index (χ3n) is 3.66. The fourth-order valence-corrected chi connectivity index (χ4v) is 2.64. The van der Waals surface area contributed by atoms with Gasteiger partial charge in [-0.15, -0.1) is 10.2 Å². The van der Waals surface area contributed by atoms with Crippen molar-refractivity contribution in [3.63, 3.8) is 0 Å². The predicted octanol–water partition coefficient (Wildman–Crippen LogP) is 3.22. The standard InChI is InChI=1S/C15H18F3N5O3/c1-5-23-9-7-22(13(24)26-14(2,3)4)6-8(9)19-10(23)11-20-21-12(25-11)15(16,17)18/h5-7H2,1-4H3. The Labute approximate surface area is 147 Å². The monoisotopic (exact) mass is 373 g/mol. The molecule has 0 aliphatic carbocycles. The molecule has 1 aliphatic rings. The summed E-state index contributed by atoms with van der Waals surface area (Å²) in [4.78, 5) is 18.0. The Bertz CT molecular complexity index is 835. The third kappa shape index (κ3) is 3.37. The van der Waals surface area contributed by atoms with E-state index in [4.69, 9.17) is 9.15 Å². The number of carbonyl (C=O) groups excluding carboxylic acids is 1. The first kappa shape index (κ1) is 18.2. The van der Waals surface area contributed by atoms with Crippen LogP contribution in [0.1, 0.15) is 45.0 Å². The molecule has 0 aromatic carbocycles. The number of hydrogen-bond donors (Lipinski definition) is 0. The number of imidazole rings is 1. The van der Waals surface area contributed by atoms with Crippen molar-refractivity contribution in [2.75, 3.05) is 0 Å². The summed E-state index contributed by atoms with van der Waals surface area (Å²) >= 11 is 0. The average Bonchev–Trinajstić information content (AvgIpc) is 3.17. The second kappa shape index (κ2) is 5.99. The van der Waals surface area contributed by atoms with Gasteiger partial charge >= 0.3 is 18.2 Å². The zero-order chi connectivity index (χ0) is 19.3. The maximum atomic E-state index is 12.7. The molecule has 1 amide bonds. The van der Waals surface area contributed by atoms with Gasteiger partial charge in [0.15, 0.2) is 5.82 Å². The average molecular weight is 373 g/mol. The Balaban J connectivity index is 1.86. The largest absolute Gasteiger partial charge is 0.470 e. The molecule has 0 saturated heterocycles. The highest BCUT2D eigenvalue weighted by molar-refractivity contribution is 5.69. The van der Waals surface area contributed by atoms with Gasteiger partial charge in [0.25, 0.3) is 5.89 Å². The number of amides is 1. The fraction of sp³-hybridized carbons (Fsp3) is 0.600. The van der Waals surface area contributed by atoms with E-state index in [0.29, 0.717) is 17.9 Å². The molecule has 2 aromatic heterocycles. The molecular formula is C15H18F3N5O3. The van der Waals surface area contributed by atoms with Gasteiger partial charge < -0.3 is 13.7 Å². The highest BCUT2D eigenvalue weighted by Gasteiger charge is 2.39. The molecule has 11 heteroatoms. The first-order valence-corrected chi connectivity index (χ1v) is 7.97. The molecule has 0 N–H and O–H groups in total. The number of aromatic nitrogens is 4. The zero-order valence-corrected chi connectivity index (χ0v) is 14.7. The summed E-state index contributed by atoms with van der Waals surface area (Å²) < 4.78 is 49.7. The lowest BCUT2D eigenvalue weighted by atomic mass is 10.2. The topological polar surface area (TPSA) is 86.3 Å². The second-order valence-corrected chi connectivity index (χ2v) is 6.82. The van der Waals surface area contributed by atoms with E-state index in [0.717, 1.165) is 0 Å². The predicted molar refractivity (Wildman–Crippen MR) is 81.7 cm³/mol. The quantitative estimate of drug-likeness (QED) is 0.803. The van der Waals surface area contributed by atoms with Crippen LogP contribution < -0.4 is 0 Å². The minimum absolute atomic E-state index is 0.157. The van der Waals surface area contributed by atoms with Crippen LogP contribution in [-0.2, 0) is 30.5 Å². The van der Waals surface area contributed by atoms with Crippen LogP contribution >= 0.6 is 0 Å². The van der Waals surface area contributed by atoms with Gasteiger partial charge in [-0.25, -0.2) is 9.78 Å². The minimum Gasteiger partial charge on any atom is -0.444 e. The van der Waals surface area contributed by atoms with Gasteiger partial charge in [-0.1, -0.05) is 0 Å². The van der Waals surface area contributed by atoms with Gasteiger partial charge in [0.1, 0.15) is 5.60 Å². The molecule has 0 saturated carbocycles. The Morgan fingerprint density at radius 1 is 1.23 bits per heavy atom. The number of hydrogen-bond acceptors (Lipinski definition) is 6. The summed E-state index contributed by atoms with van der Waals surface area (Å²) in [5, 5.41) is 6.48. The van der Waals surface area contributed by atoms with Crippen LogP contribution in [-0.4, -0.2) is 36.3 Å². The SMILES string of the molecule is CCn1c(-c2nnc(C(F)(F)F)o2)nc2c1CN(C(=O)OC(C)(C)C)C2. The van der Waals surface area contributed by atoms with Crippen LogP contribution in [0.4, 0.5) is 18.0 Å². The number of carbonyl (C=O) groups is 1. The summed E-state index contributed by atoms with van der Waals surface area (Å²) in [5.74, 6) is -1.57. The Kier molecular flexibility index (Phi) is 4.20. The van der Waals surface area contributed by atoms with Gasteiger partial charge in [0, 0.05) is 6.54 Å². The van der Waals surface area contributed by atoms with E-state index < -0.39 is 23.8 Å². The van der Waals surface area contributed by atoms with Crippen LogP contribution in [0.15, 0.2) is 4.42 Å². The van der Waals surface area contributed by atoms with Crippen molar-refractivity contribution in [1.82, 2.24) is 24.6 Å². The lowest BCUT2D eigenvalue weighted by Gasteiger charge is -2.24. The van der Waals surface area contributed by atoms with Gasteiger partial charge in [0.2, 0.25) is 0 Å². The third-order valence-corrected chi connectivity index (χ3v) is 3.66. The molecule has 0 fully saturated rings. The summed E-state index contributed by atoms with van der Waals surface area (Å²) in [6.07, 6.45) is -5.19. The summed E-state index contributed by atoms with van der Waals surface area (Å²) in [5.41, 5.74) is 0.653. The Morgan fingerprint density at radius 2 is 1.92 bits per heavy atom. The van der Waals surface area contributed by atoms with E-state index in [1.165, 1.54) is 4.90 Å². The van der Waals surface area contributed by atoms with Gasteiger partial charge in [-0.2, -0.15) is 13.2 Å². The number of halogens is 3. The van der Waals surface area contributed by atoms with Gasteiger partial charge in [-0.05, 0) is 27.7 Å². The molecule has 0 bridgehead atoms. The number of nitrogens with zero attached hydrogens (tertiary/aromatic N) is 5. The molecule has 142 valence electrons. The van der Waals surface area contributed by atoms with Crippen molar-refractivity contribution in [2.45, 2.75) is 59.1 Å². The zero-order valence-electron chi connectivity index (χ0n) is 14.7. The summed E-state index contributed by atoms with van der Waals surface area (Å²) in [6.45, 7) is 7.97. The van der Waals surface area contributed by atoms with E-state index in [1.807, 2.05) is 6.92 Å². The van der Waals surface area contributed by atoms with Gasteiger partial charge in [-0.3, -0.25) is 4.90 Å². The smallest absolute Gasteiger partial charge is 0.444 e. The van der Waals surface area contributed by atoms with E-state index in [2.05, 4.69) is 15.2 Å². The first-order chi connectivity index (χ1) is 12.0. The van der Waals surface area contributed by atoms with Crippen molar-refractivity contribution in [2.24, 2.45) is 0 Å². The highest BCUT2D eigenvalue weighted by atomic mass is 19.4. The van der Waals surface area contributed by atoms with Crippen molar-refractivity contribution >= 4 is 6.09 Å². The summed E-state index contributed by atoms with van der Waals surface area (Å²) in [6, 6.07) is 0. The molecule has 2 aromatic rings. The van der Waals surface area contributed by atoms with Crippen molar-refractivity contribution in [3.8, 4) is 11.7 Å². The maximum absolute atomic E-state index is 12.7. The molecular weight excluding hydrogens is 355 g/mol. The first-order valence-electron chi connectivity index (χ1n) is 7.97. The molecule has 0 spiro atoms. The molecule has 26 heavy (non-hydrogen) atoms. The van der Waals surface area contributed by atoms with E-state index in [1.54, 1.807) is 25.3 Å². The van der Waals surface area contributed by atoms with Crippen LogP contribution in [0.25, 0.3) is 11.7 Å². The molecule has 0 radical (unpaired) electrons. The van der Waals surface area contributed by atoms with E-state index in [9.17, 15) is 18.0 Å². The number of rotatable bonds is 2. The Hall–Kier alpha value is -2.59. The van der Waals surface area contributed by atoms with E-state index >= 15 is 0 Å². The molecule has 3 heterocycles. The van der Waals surface area contributed by atoms with Crippen molar-refractivity contribution in [3.05, 3.63) is 17.3 Å². The van der Waals surface area contributed by atoms with Crippen LogP contribution in [0.2, 0.25) is 0 Å². The molecule has 3 rings (SSSR count). The van der Waals surface area contributed by atoms with E-state index in [-0.39, 0.29) is 24.8 Å². The molecule has 0 unspecified atom stereocenters. The fourth-order valence-electron chi connectivity index (χ4n) is 2.64. The van der Waals surface area contributed by atoms with Crippen molar-refractivity contribution < 1.29 is 27.1 Å². The lowest BCUT2D eigenvalue weighted by Crippen LogP contribution is -2.33. The normalized spacial score (nSPS) is 14.7. The lowest BCUT2D eigenvalue weighted by molar-refractivity contribution is -0.157. The summed E-state index contributed by atoms with van der Waals surface area (Å²) in [7, 11) is 0. The molecule has 1 aliphatic heterocycles. The van der Waals surface area contributed by atoms with Crippen LogP contribution in [0.5, 0.6) is 0 Å². The molecule has 8 nitrogen and oxygen atoms in total. The Morgan fingerprint density at radius 3 is 2.46 bits per heavy atom. The number of alkyl halides is 3. The van der Waals surface area contributed by atoms with Crippen LogP contribution in [0.3, 0.4) is 0 Å². The second-order valence-electron chi connectivity index (χ2n) is 6.82. The molecule has 0 atom stereocenters. The number of fused-ring (bicyclic) bond motifs is 1. The van der Waals surface area contributed by atoms with Crippen molar-refractivity contribution in [1.29, 1.82) is 0 Å².